The van der Waals surface area contributed by atoms with Crippen molar-refractivity contribution in [3.05, 3.63) is 65.7 Å². The first-order valence-electron chi connectivity index (χ1n) is 5.99. The summed E-state index contributed by atoms with van der Waals surface area (Å²) in [6.07, 6.45) is 7.08. The van der Waals surface area contributed by atoms with Gasteiger partial charge in [-0.15, -0.1) is 0 Å². The summed E-state index contributed by atoms with van der Waals surface area (Å²) in [5, 5.41) is 6.30. The summed E-state index contributed by atoms with van der Waals surface area (Å²) < 4.78 is 0. The third-order valence-corrected chi connectivity index (χ3v) is 3.29. The number of benzene rings is 1. The van der Waals surface area contributed by atoms with Crippen molar-refractivity contribution in [2.45, 2.75) is 6.54 Å². The lowest BCUT2D eigenvalue weighted by atomic mass is 10.1. The quantitative estimate of drug-likeness (QED) is 0.784. The Hall–Kier alpha value is -2.13. The number of fused-ring (bicyclic) bond motifs is 1. The first-order chi connectivity index (χ1) is 9.33. The first-order valence-corrected chi connectivity index (χ1v) is 6.37. The molecule has 0 amide bonds. The lowest BCUT2D eigenvalue weighted by Crippen LogP contribution is -2.00. The van der Waals surface area contributed by atoms with Crippen LogP contribution in [-0.4, -0.2) is 9.97 Å². The van der Waals surface area contributed by atoms with Crippen molar-refractivity contribution < 1.29 is 0 Å². The highest BCUT2D eigenvalue weighted by molar-refractivity contribution is 6.33. The predicted octanol–water partition coefficient (Wildman–Crippen LogP) is 3.90. The van der Waals surface area contributed by atoms with Gasteiger partial charge >= 0.3 is 0 Å². The van der Waals surface area contributed by atoms with Crippen LogP contribution in [0, 0.1) is 0 Å². The molecule has 1 aromatic carbocycles. The van der Waals surface area contributed by atoms with Gasteiger partial charge in [-0.1, -0.05) is 23.7 Å². The average molecular weight is 270 g/mol. The molecule has 1 N–H and O–H groups in total. The normalized spacial score (nSPS) is 10.6. The van der Waals surface area contributed by atoms with E-state index in [1.807, 2.05) is 12.3 Å². The van der Waals surface area contributed by atoms with Crippen LogP contribution in [0.1, 0.15) is 5.56 Å². The highest BCUT2D eigenvalue weighted by Crippen LogP contribution is 2.21. The van der Waals surface area contributed by atoms with Crippen molar-refractivity contribution in [1.29, 1.82) is 0 Å². The molecule has 0 unspecified atom stereocenters. The topological polar surface area (TPSA) is 37.8 Å². The van der Waals surface area contributed by atoms with Gasteiger partial charge in [-0.05, 0) is 29.1 Å². The monoisotopic (exact) mass is 269 g/mol. The number of anilines is 1. The predicted molar refractivity (Wildman–Crippen MR) is 78.3 cm³/mol. The smallest absolute Gasteiger partial charge is 0.0718 e. The zero-order valence-electron chi connectivity index (χ0n) is 10.2. The van der Waals surface area contributed by atoms with E-state index >= 15 is 0 Å². The zero-order chi connectivity index (χ0) is 13.1. The van der Waals surface area contributed by atoms with E-state index in [0.717, 1.165) is 11.1 Å². The van der Waals surface area contributed by atoms with Gasteiger partial charge in [0.25, 0.3) is 0 Å². The van der Waals surface area contributed by atoms with Crippen LogP contribution in [0.5, 0.6) is 0 Å². The van der Waals surface area contributed by atoms with E-state index in [1.165, 1.54) is 10.9 Å². The molecule has 0 radical (unpaired) electrons. The average Bonchev–Trinajstić information content (AvgIpc) is 2.46. The Labute approximate surface area is 116 Å². The molecule has 0 atom stereocenters. The molecule has 0 aliphatic rings. The van der Waals surface area contributed by atoms with Gasteiger partial charge < -0.3 is 5.32 Å². The molecule has 2 aromatic heterocycles. The molecule has 3 rings (SSSR count). The molecule has 4 heteroatoms. The molecule has 0 aliphatic carbocycles. The Morgan fingerprint density at radius 2 is 1.79 bits per heavy atom. The summed E-state index contributed by atoms with van der Waals surface area (Å²) >= 11 is 6.07. The molecule has 3 nitrogen and oxygen atoms in total. The number of rotatable bonds is 3. The number of pyridine rings is 2. The second-order valence-corrected chi connectivity index (χ2v) is 4.67. The molecule has 0 bridgehead atoms. The van der Waals surface area contributed by atoms with Crippen LogP contribution >= 0.6 is 11.6 Å². The summed E-state index contributed by atoms with van der Waals surface area (Å²) in [5.41, 5.74) is 2.04. The zero-order valence-corrected chi connectivity index (χ0v) is 10.9. The lowest BCUT2D eigenvalue weighted by molar-refractivity contribution is 1.14. The van der Waals surface area contributed by atoms with Gasteiger partial charge in [0.05, 0.1) is 16.9 Å². The molecule has 3 aromatic rings. The molecule has 19 heavy (non-hydrogen) atoms. The fraction of sp³-hybridized carbons (Fsp3) is 0.0667. The van der Waals surface area contributed by atoms with Crippen LogP contribution in [0.3, 0.4) is 0 Å². The summed E-state index contributed by atoms with van der Waals surface area (Å²) in [4.78, 5) is 8.16. The number of hydrogen-bond donors (Lipinski definition) is 1. The second kappa shape index (κ2) is 5.24. The number of hydrogen-bond acceptors (Lipinski definition) is 3. The minimum Gasteiger partial charge on any atom is -0.379 e. The minimum atomic E-state index is 0.681. The third-order valence-electron chi connectivity index (χ3n) is 2.96. The van der Waals surface area contributed by atoms with Crippen LogP contribution in [0.2, 0.25) is 5.02 Å². The van der Waals surface area contributed by atoms with Crippen LogP contribution in [0.15, 0.2) is 55.1 Å². The van der Waals surface area contributed by atoms with Gasteiger partial charge in [-0.3, -0.25) is 9.97 Å². The molecule has 0 fully saturated rings. The van der Waals surface area contributed by atoms with Crippen LogP contribution in [-0.2, 0) is 6.54 Å². The highest BCUT2D eigenvalue weighted by Gasteiger charge is 2.00. The van der Waals surface area contributed by atoms with E-state index in [1.54, 1.807) is 24.7 Å². The Morgan fingerprint density at radius 1 is 0.947 bits per heavy atom. The summed E-state index contributed by atoms with van der Waals surface area (Å²) in [7, 11) is 0. The highest BCUT2D eigenvalue weighted by atomic mass is 35.5. The Kier molecular flexibility index (Phi) is 3.29. The molecular formula is C15H12ClN3. The summed E-state index contributed by atoms with van der Waals surface area (Å²) in [6, 6.07) is 10.1. The fourth-order valence-electron chi connectivity index (χ4n) is 1.95. The van der Waals surface area contributed by atoms with E-state index in [4.69, 9.17) is 11.6 Å². The Morgan fingerprint density at radius 3 is 2.68 bits per heavy atom. The van der Waals surface area contributed by atoms with Crippen LogP contribution in [0.4, 0.5) is 5.69 Å². The lowest BCUT2D eigenvalue weighted by Gasteiger charge is -2.08. The van der Waals surface area contributed by atoms with E-state index < -0.39 is 0 Å². The van der Waals surface area contributed by atoms with Gasteiger partial charge in [-0.2, -0.15) is 0 Å². The minimum absolute atomic E-state index is 0.681. The van der Waals surface area contributed by atoms with Crippen LogP contribution < -0.4 is 5.32 Å². The molecule has 0 saturated carbocycles. The number of halogens is 1. The maximum Gasteiger partial charge on any atom is 0.0718 e. The number of nitrogens with zero attached hydrogens (tertiary/aromatic N) is 2. The maximum atomic E-state index is 6.07. The van der Waals surface area contributed by atoms with E-state index in [9.17, 15) is 0 Å². The van der Waals surface area contributed by atoms with Gasteiger partial charge in [-0.25, -0.2) is 0 Å². The van der Waals surface area contributed by atoms with Gasteiger partial charge in [0, 0.05) is 30.5 Å². The first kappa shape index (κ1) is 11.9. The van der Waals surface area contributed by atoms with Gasteiger partial charge in [0.15, 0.2) is 0 Å². The summed E-state index contributed by atoms with van der Waals surface area (Å²) in [5.74, 6) is 0. The molecule has 0 saturated heterocycles. The van der Waals surface area contributed by atoms with E-state index in [-0.39, 0.29) is 0 Å². The molecule has 94 valence electrons. The van der Waals surface area contributed by atoms with Gasteiger partial charge in [0.1, 0.15) is 0 Å². The Balaban J connectivity index is 1.80. The van der Waals surface area contributed by atoms with Crippen molar-refractivity contribution in [3.63, 3.8) is 0 Å². The molecule has 2 heterocycles. The van der Waals surface area contributed by atoms with Crippen molar-refractivity contribution in [3.8, 4) is 0 Å². The fourth-order valence-corrected chi connectivity index (χ4v) is 2.12. The second-order valence-electron chi connectivity index (χ2n) is 4.27. The SMILES string of the molecule is Clc1ccncc1NCc1ccc2cnccc2c1. The number of nitrogens with one attached hydrogen (secondary N) is 1. The molecule has 0 aliphatic heterocycles. The Bertz CT molecular complexity index is 712. The standard InChI is InChI=1S/C15H12ClN3/c16-14-4-6-18-10-15(14)19-8-11-1-2-13-9-17-5-3-12(13)7-11/h1-7,9-10,19H,8H2. The summed E-state index contributed by atoms with van der Waals surface area (Å²) in [6.45, 7) is 0.712. The van der Waals surface area contributed by atoms with Crippen molar-refractivity contribution in [2.24, 2.45) is 0 Å². The van der Waals surface area contributed by atoms with Crippen LogP contribution in [0.25, 0.3) is 10.8 Å². The van der Waals surface area contributed by atoms with Crippen molar-refractivity contribution >= 4 is 28.1 Å². The van der Waals surface area contributed by atoms with E-state index in [0.29, 0.717) is 11.6 Å². The number of aromatic nitrogens is 2. The van der Waals surface area contributed by atoms with Gasteiger partial charge in [0.2, 0.25) is 0 Å². The molecular weight excluding hydrogens is 258 g/mol. The van der Waals surface area contributed by atoms with E-state index in [2.05, 4.69) is 33.5 Å². The third kappa shape index (κ3) is 2.66. The van der Waals surface area contributed by atoms with Crippen molar-refractivity contribution in [1.82, 2.24) is 9.97 Å². The van der Waals surface area contributed by atoms with Crippen molar-refractivity contribution in [2.75, 3.05) is 5.32 Å². The maximum absolute atomic E-state index is 6.07. The molecule has 0 spiro atoms. The largest absolute Gasteiger partial charge is 0.379 e.